The fourth-order valence-corrected chi connectivity index (χ4v) is 3.37. The average molecular weight is 198 g/mol. The smallest absolute Gasteiger partial charge is 0.0686 e. The molecule has 0 heterocycles. The first-order valence-corrected chi connectivity index (χ1v) is 6.02. The molecule has 0 aliphatic heterocycles. The van der Waals surface area contributed by atoms with E-state index in [1.165, 1.54) is 25.7 Å². The summed E-state index contributed by atoms with van der Waals surface area (Å²) in [6.45, 7) is 9.32. The molecule has 1 rings (SSSR count). The lowest BCUT2D eigenvalue weighted by atomic mass is 9.70. The van der Waals surface area contributed by atoms with E-state index < -0.39 is 0 Å². The van der Waals surface area contributed by atoms with E-state index in [9.17, 15) is 0 Å². The van der Waals surface area contributed by atoms with Gasteiger partial charge in [0.05, 0.1) is 5.60 Å². The van der Waals surface area contributed by atoms with Crippen molar-refractivity contribution in [2.75, 3.05) is 7.11 Å². The molecule has 2 atom stereocenters. The van der Waals surface area contributed by atoms with Gasteiger partial charge in [0, 0.05) is 7.11 Å². The molecule has 0 spiro atoms. The highest BCUT2D eigenvalue weighted by atomic mass is 16.5. The molecule has 0 saturated heterocycles. The molecule has 1 aliphatic carbocycles. The predicted octanol–water partition coefficient (Wildman–Crippen LogP) is 3.87. The summed E-state index contributed by atoms with van der Waals surface area (Å²) in [6, 6.07) is 0. The van der Waals surface area contributed by atoms with Crippen LogP contribution in [0.4, 0.5) is 0 Å². The first-order chi connectivity index (χ1) is 6.47. The van der Waals surface area contributed by atoms with E-state index in [0.717, 1.165) is 17.8 Å². The Hall–Kier alpha value is -0.0400. The monoisotopic (exact) mass is 198 g/mol. The Morgan fingerprint density at radius 3 is 2.07 bits per heavy atom. The second-order valence-corrected chi connectivity index (χ2v) is 5.84. The minimum atomic E-state index is 0.186. The maximum Gasteiger partial charge on any atom is 0.0686 e. The average Bonchev–Trinajstić information content (AvgIpc) is 2.00. The molecule has 0 amide bonds. The van der Waals surface area contributed by atoms with Crippen LogP contribution in [0.5, 0.6) is 0 Å². The largest absolute Gasteiger partial charge is 0.378 e. The highest BCUT2D eigenvalue weighted by Crippen LogP contribution is 2.41. The molecule has 1 fully saturated rings. The van der Waals surface area contributed by atoms with Crippen molar-refractivity contribution in [2.24, 2.45) is 17.8 Å². The Kier molecular flexibility index (Phi) is 4.00. The van der Waals surface area contributed by atoms with Gasteiger partial charge in [-0.1, -0.05) is 27.7 Å². The van der Waals surface area contributed by atoms with Crippen LogP contribution >= 0.6 is 0 Å². The first kappa shape index (κ1) is 12.0. The molecule has 0 bridgehead atoms. The van der Waals surface area contributed by atoms with Gasteiger partial charge in [0.15, 0.2) is 0 Å². The zero-order valence-electron chi connectivity index (χ0n) is 10.5. The van der Waals surface area contributed by atoms with Crippen LogP contribution < -0.4 is 0 Å². The van der Waals surface area contributed by atoms with E-state index in [4.69, 9.17) is 4.74 Å². The quantitative estimate of drug-likeness (QED) is 0.669. The van der Waals surface area contributed by atoms with Crippen molar-refractivity contribution >= 4 is 0 Å². The van der Waals surface area contributed by atoms with Gasteiger partial charge in [-0.05, 0) is 43.4 Å². The van der Waals surface area contributed by atoms with Gasteiger partial charge in [-0.25, -0.2) is 0 Å². The highest BCUT2D eigenvalue weighted by Gasteiger charge is 2.38. The van der Waals surface area contributed by atoms with Gasteiger partial charge in [-0.15, -0.1) is 0 Å². The van der Waals surface area contributed by atoms with E-state index in [2.05, 4.69) is 27.7 Å². The van der Waals surface area contributed by atoms with Crippen LogP contribution in [0.3, 0.4) is 0 Å². The second-order valence-electron chi connectivity index (χ2n) is 5.84. The highest BCUT2D eigenvalue weighted by molar-refractivity contribution is 4.90. The fraction of sp³-hybridized carbons (Fsp3) is 1.00. The molecular weight excluding hydrogens is 172 g/mol. The van der Waals surface area contributed by atoms with Crippen molar-refractivity contribution < 1.29 is 4.74 Å². The van der Waals surface area contributed by atoms with Gasteiger partial charge in [0.1, 0.15) is 0 Å². The van der Waals surface area contributed by atoms with Crippen molar-refractivity contribution in [3.05, 3.63) is 0 Å². The summed E-state index contributed by atoms with van der Waals surface area (Å²) in [5, 5.41) is 0. The number of methoxy groups -OCH3 is 1. The lowest BCUT2D eigenvalue weighted by molar-refractivity contribution is -0.0795. The molecule has 1 heteroatoms. The summed E-state index contributed by atoms with van der Waals surface area (Å²) in [5.74, 6) is 2.40. The SMILES string of the molecule is COC1(CC(C)C)CC(C)CC(C)C1. The molecule has 0 radical (unpaired) electrons. The number of hydrogen-bond acceptors (Lipinski definition) is 1. The molecule has 84 valence electrons. The van der Waals surface area contributed by atoms with Gasteiger partial charge in [-0.2, -0.15) is 0 Å². The van der Waals surface area contributed by atoms with Gasteiger partial charge >= 0.3 is 0 Å². The molecule has 0 N–H and O–H groups in total. The molecule has 2 unspecified atom stereocenters. The van der Waals surface area contributed by atoms with Crippen LogP contribution in [0.1, 0.15) is 53.4 Å². The summed E-state index contributed by atoms with van der Waals surface area (Å²) in [5.41, 5.74) is 0.186. The lowest BCUT2D eigenvalue weighted by Crippen LogP contribution is -2.40. The Labute approximate surface area is 89.2 Å². The fourth-order valence-electron chi connectivity index (χ4n) is 3.37. The van der Waals surface area contributed by atoms with Crippen molar-refractivity contribution in [1.29, 1.82) is 0 Å². The third-order valence-electron chi connectivity index (χ3n) is 3.46. The summed E-state index contributed by atoms with van der Waals surface area (Å²) < 4.78 is 5.83. The number of hydrogen-bond donors (Lipinski definition) is 0. The zero-order chi connectivity index (χ0) is 10.8. The van der Waals surface area contributed by atoms with E-state index in [0.29, 0.717) is 0 Å². The van der Waals surface area contributed by atoms with Crippen LogP contribution in [-0.4, -0.2) is 12.7 Å². The van der Waals surface area contributed by atoms with Gasteiger partial charge in [0.2, 0.25) is 0 Å². The lowest BCUT2D eigenvalue weighted by Gasteiger charge is -2.43. The summed E-state index contributed by atoms with van der Waals surface area (Å²) >= 11 is 0. The van der Waals surface area contributed by atoms with E-state index >= 15 is 0 Å². The van der Waals surface area contributed by atoms with E-state index in [1.807, 2.05) is 7.11 Å². The van der Waals surface area contributed by atoms with Crippen LogP contribution in [0.25, 0.3) is 0 Å². The molecule has 1 aliphatic rings. The molecule has 1 saturated carbocycles. The normalized spacial score (nSPS) is 39.0. The third kappa shape index (κ3) is 2.98. The van der Waals surface area contributed by atoms with Crippen LogP contribution in [0.15, 0.2) is 0 Å². The number of ether oxygens (including phenoxy) is 1. The molecule has 0 aromatic carbocycles. The van der Waals surface area contributed by atoms with Gasteiger partial charge < -0.3 is 4.74 Å². The summed E-state index contributed by atoms with van der Waals surface area (Å²) in [6.07, 6.45) is 5.11. The molecular formula is C13H26O. The maximum atomic E-state index is 5.83. The number of rotatable bonds is 3. The van der Waals surface area contributed by atoms with Crippen LogP contribution in [0.2, 0.25) is 0 Å². The molecule has 0 aromatic rings. The summed E-state index contributed by atoms with van der Waals surface area (Å²) in [4.78, 5) is 0. The van der Waals surface area contributed by atoms with E-state index in [1.54, 1.807) is 0 Å². The molecule has 0 aromatic heterocycles. The van der Waals surface area contributed by atoms with Crippen molar-refractivity contribution in [3.8, 4) is 0 Å². The Balaban J connectivity index is 2.66. The van der Waals surface area contributed by atoms with E-state index in [-0.39, 0.29) is 5.60 Å². The third-order valence-corrected chi connectivity index (χ3v) is 3.46. The Morgan fingerprint density at radius 2 is 1.71 bits per heavy atom. The van der Waals surface area contributed by atoms with Crippen molar-refractivity contribution in [2.45, 2.75) is 59.0 Å². The van der Waals surface area contributed by atoms with Crippen molar-refractivity contribution in [3.63, 3.8) is 0 Å². The summed E-state index contributed by atoms with van der Waals surface area (Å²) in [7, 11) is 1.90. The van der Waals surface area contributed by atoms with Gasteiger partial charge in [0.25, 0.3) is 0 Å². The minimum absolute atomic E-state index is 0.186. The minimum Gasteiger partial charge on any atom is -0.378 e. The first-order valence-electron chi connectivity index (χ1n) is 6.02. The second kappa shape index (κ2) is 4.65. The van der Waals surface area contributed by atoms with Crippen LogP contribution in [0, 0.1) is 17.8 Å². The van der Waals surface area contributed by atoms with Crippen molar-refractivity contribution in [1.82, 2.24) is 0 Å². The van der Waals surface area contributed by atoms with Gasteiger partial charge in [-0.3, -0.25) is 0 Å². The standard InChI is InChI=1S/C13H26O/c1-10(2)7-13(14-5)8-11(3)6-12(4)9-13/h10-12H,6-9H2,1-5H3. The predicted molar refractivity (Wildman–Crippen MR) is 61.4 cm³/mol. The molecule has 14 heavy (non-hydrogen) atoms. The van der Waals surface area contributed by atoms with Crippen LogP contribution in [-0.2, 0) is 4.74 Å². The molecule has 1 nitrogen and oxygen atoms in total. The zero-order valence-corrected chi connectivity index (χ0v) is 10.5. The Bertz CT molecular complexity index is 159. The topological polar surface area (TPSA) is 9.23 Å². The maximum absolute atomic E-state index is 5.83. The Morgan fingerprint density at radius 1 is 1.21 bits per heavy atom.